The quantitative estimate of drug-likeness (QED) is 0.00845. The molecule has 147 heavy (non-hydrogen) atoms. The zero-order chi connectivity index (χ0) is 108. The number of carbonyl (C=O) groups excluding carboxylic acids is 18. The van der Waals surface area contributed by atoms with E-state index in [1.807, 2.05) is 20.1 Å². The molecule has 6 rings (SSSR count). The van der Waals surface area contributed by atoms with Gasteiger partial charge in [-0.15, -0.1) is 0 Å². The van der Waals surface area contributed by atoms with Crippen LogP contribution < -0.4 is 108 Å². The number of aromatic hydroxyl groups is 1. The second kappa shape index (κ2) is 64.8. The van der Waals surface area contributed by atoms with E-state index in [2.05, 4.69) is 105 Å². The van der Waals surface area contributed by atoms with Crippen LogP contribution in [-0.2, 0) is 120 Å². The number of hydrogen-bond acceptors (Lipinski definition) is 28. The first kappa shape index (κ1) is 123. The fourth-order valence-electron chi connectivity index (χ4n) is 15.7. The number of aromatic nitrogens is 3. The van der Waals surface area contributed by atoms with Crippen LogP contribution in [0.2, 0.25) is 0 Å². The zero-order valence-corrected chi connectivity index (χ0v) is 86.6. The Balaban J connectivity index is 0.0000380. The summed E-state index contributed by atoms with van der Waals surface area (Å²) in [6, 6.07) is -2.67. The molecule has 3 radical (unpaired) electrons. The molecule has 2 aliphatic rings. The molecule has 0 saturated carbocycles. The third-order valence-electron chi connectivity index (χ3n) is 23.6. The van der Waals surface area contributed by atoms with Crippen molar-refractivity contribution in [2.24, 2.45) is 29.0 Å². The fourth-order valence-corrected chi connectivity index (χ4v) is 16.2. The number of amides is 18. The molecular formula is C93H141GaN27O25S. The fraction of sp³-hybridized carbons (Fsp3) is 0.581. The first-order chi connectivity index (χ1) is 69.3. The molecule has 0 spiro atoms. The van der Waals surface area contributed by atoms with Gasteiger partial charge in [-0.05, 0) is 137 Å². The van der Waals surface area contributed by atoms with E-state index in [0.29, 0.717) is 34.6 Å². The minimum atomic E-state index is -1.79. The molecule has 52 nitrogen and oxygen atoms in total. The normalized spacial score (nSPS) is 17.3. The summed E-state index contributed by atoms with van der Waals surface area (Å²) in [5.74, 6) is -19.8. The molecule has 12 atom stereocenters. The number of fused-ring (bicyclic) bond motifs is 1. The maximum Gasteiger partial charge on any atom is 0.317 e. The second-order valence-electron chi connectivity index (χ2n) is 36.5. The van der Waals surface area contributed by atoms with E-state index in [1.165, 1.54) is 55.5 Å². The van der Waals surface area contributed by atoms with Gasteiger partial charge in [-0.2, -0.15) is 11.8 Å². The third kappa shape index (κ3) is 47.4. The number of phenolic OH excluding ortho intramolecular Hbond substituents is 1. The summed E-state index contributed by atoms with van der Waals surface area (Å²) in [6.07, 6.45) is 2.34. The van der Waals surface area contributed by atoms with Crippen LogP contribution in [0, 0.1) is 17.2 Å². The molecule has 0 bridgehead atoms. The Labute approximate surface area is 866 Å². The van der Waals surface area contributed by atoms with Gasteiger partial charge >= 0.3 is 17.9 Å². The molecule has 2 aliphatic heterocycles. The predicted octanol–water partition coefficient (Wildman–Crippen LogP) is -6.90. The van der Waals surface area contributed by atoms with Crippen molar-refractivity contribution in [1.29, 1.82) is 5.41 Å². The number of rotatable bonds is 59. The molecule has 18 amide bonds. The molecule has 0 aliphatic carbocycles. The third-order valence-corrected chi connectivity index (χ3v) is 24.2. The monoisotopic (exact) mass is 2140 g/mol. The molecular weight excluding hydrogens is 2000 g/mol. The van der Waals surface area contributed by atoms with Crippen molar-refractivity contribution in [2.45, 2.75) is 229 Å². The van der Waals surface area contributed by atoms with Gasteiger partial charge in [-0.3, -0.25) is 121 Å². The van der Waals surface area contributed by atoms with Gasteiger partial charge in [0, 0.05) is 135 Å². The van der Waals surface area contributed by atoms with Crippen LogP contribution in [0.1, 0.15) is 154 Å². The van der Waals surface area contributed by atoms with E-state index in [0.717, 1.165) is 5.39 Å². The molecule has 4 heterocycles. The summed E-state index contributed by atoms with van der Waals surface area (Å²) in [5.41, 5.74) is 18.4. The summed E-state index contributed by atoms with van der Waals surface area (Å²) in [6.45, 7) is 6.35. The number of carbonyl (C=O) groups is 21. The summed E-state index contributed by atoms with van der Waals surface area (Å²) in [5, 5.41) is 91.3. The number of aliphatic carboxylic acids is 3. The van der Waals surface area contributed by atoms with Crippen molar-refractivity contribution < 1.29 is 121 Å². The number of H-pyrrole nitrogens is 2. The van der Waals surface area contributed by atoms with Gasteiger partial charge in [0.25, 0.3) is 0 Å². The first-order valence-corrected chi connectivity index (χ1v) is 49.7. The Morgan fingerprint density at radius 2 is 1.05 bits per heavy atom. The van der Waals surface area contributed by atoms with Crippen LogP contribution >= 0.6 is 11.8 Å². The van der Waals surface area contributed by atoms with Gasteiger partial charge in [0.15, 0.2) is 5.96 Å². The van der Waals surface area contributed by atoms with Crippen molar-refractivity contribution in [3.8, 4) is 5.75 Å². The number of thioether (sulfide) groups is 1. The topological polar surface area (TPSA) is 800 Å². The minimum Gasteiger partial charge on any atom is -0.508 e. The number of carboxylic acids is 3. The SMILES string of the molecule is CSCC[C@@H](NC(=O)[C@H](CC(C)C)NC(=O)[C@@H](Cc1c[nH]cn1)NC(=O)CNC(=O)[C@H](NC(=O)[C@H](C)NC(=O)[C@@H](Cc1cc2ccccc2[nH]1)NC(=O)[C@H](CCC(N)=O)NC(=O)CCCCCNC(=O)CCC(NC(=O)CN1CCN(CC(=O)O)CCN(CC(=O)O)CC1)C(=O)NCCCC[C@H]1NC(=O)[C@@H](CCCNC(=N)N)NC(=O)CNC(=O)[C@@H](CC(=O)O)NC(=O)[C@H](Cc2ccc(O)cc2)NC1=O)C(C)C)C(N)=O.[68Ga]. The van der Waals surface area contributed by atoms with Crippen molar-refractivity contribution in [3.63, 3.8) is 0 Å². The van der Waals surface area contributed by atoms with Crippen LogP contribution in [-0.4, -0.2) is 376 Å². The summed E-state index contributed by atoms with van der Waals surface area (Å²) in [4.78, 5) is 299. The number of carboxylic acid groups (broad SMARTS) is 3. The number of nitrogens with two attached hydrogens (primary N) is 3. The number of unbranched alkanes of at least 4 members (excludes halogenated alkanes) is 3. The summed E-state index contributed by atoms with van der Waals surface area (Å²) in [7, 11) is 0. The van der Waals surface area contributed by atoms with E-state index >= 15 is 0 Å². The number of aromatic amines is 2. The van der Waals surface area contributed by atoms with E-state index in [4.69, 9.17) is 22.6 Å². The van der Waals surface area contributed by atoms with Gasteiger partial charge in [0.1, 0.15) is 78.3 Å². The largest absolute Gasteiger partial charge is 0.508 e. The number of nitrogens with zero attached hydrogens (tertiary/aromatic N) is 4. The summed E-state index contributed by atoms with van der Waals surface area (Å²) >= 11 is 1.44. The van der Waals surface area contributed by atoms with Crippen LogP contribution in [0.15, 0.2) is 67.1 Å². The number of guanidine groups is 1. The Bertz CT molecular complexity index is 5070. The maximum absolute atomic E-state index is 14.6. The molecule has 1 unspecified atom stereocenters. The number of phenols is 1. The van der Waals surface area contributed by atoms with E-state index < -0.39 is 235 Å². The molecule has 807 valence electrons. The molecule has 4 aromatic rings. The predicted molar refractivity (Wildman–Crippen MR) is 535 cm³/mol. The Hall–Kier alpha value is -14.0. The molecule has 2 aromatic heterocycles. The maximum atomic E-state index is 14.6. The Kier molecular flexibility index (Phi) is 54.4. The number of primary amides is 2. The zero-order valence-electron chi connectivity index (χ0n) is 83.3. The Morgan fingerprint density at radius 3 is 1.65 bits per heavy atom. The second-order valence-corrected chi connectivity index (χ2v) is 37.5. The molecule has 30 N–H and O–H groups in total. The number of hydrogen-bond donors (Lipinski definition) is 27. The van der Waals surface area contributed by atoms with E-state index in [-0.39, 0.29) is 213 Å². The van der Waals surface area contributed by atoms with Gasteiger partial charge in [-0.25, -0.2) is 4.98 Å². The number of benzene rings is 2. The Morgan fingerprint density at radius 1 is 0.503 bits per heavy atom. The van der Waals surface area contributed by atoms with Crippen LogP contribution in [0.25, 0.3) is 10.9 Å². The number of nitrogens with one attached hydrogen (secondary N) is 20. The van der Waals surface area contributed by atoms with Crippen molar-refractivity contribution in [1.82, 2.24) is 120 Å². The van der Waals surface area contributed by atoms with Crippen LogP contribution in [0.5, 0.6) is 5.75 Å². The van der Waals surface area contributed by atoms with Gasteiger partial charge in [-0.1, -0.05) is 64.4 Å². The summed E-state index contributed by atoms with van der Waals surface area (Å²) < 4.78 is 0. The number of imidazole rings is 1. The van der Waals surface area contributed by atoms with Gasteiger partial charge < -0.3 is 138 Å². The minimum absolute atomic E-state index is 0. The average Bonchev–Trinajstić information content (AvgIpc) is 1.69. The van der Waals surface area contributed by atoms with Crippen molar-refractivity contribution in [2.75, 3.05) is 104 Å². The standard InChI is InChI=1S/C93H141N27O25S.Ga/c1-52(2)39-66(89(142)111-61(81(95)134)28-38-146-6)113-91(144)68(43-58-45-98-51-104-58)110-75(126)47-103-92(145)80(53(3)4)117-82(135)54(5)105-88(141)69(42-57-41-56-15-9-10-16-60(56)106-57)115-87(140)65(24-26-71(94)122)107-73(124)19-8-7-12-29-99-72(123)27-25-64(109-76(127)48-118-32-34-119(49-78(130)131)36-37-120(35-33-118)50-79(132)133)83(136)100-30-13-11-17-63-86(139)114-67(40-55-20-22-59(121)23-21-55)90(143)116-70(44-77(128)129)84(137)102-46-74(125)108-62(85(138)112-63)18-14-31-101-93(96)97;/h9-10,15-16,20-23,41,45,51-54,61-70,80,106,121H,7-8,11-14,17-19,24-40,42-44,46-50H2,1-6H3,(H2,94,122)(H2,95,134)(H,98,104)(H,99,123)(H,100,136)(H,102,137)(H,103,145)(H,105,141)(H,107,124)(H,108,125)(H,109,127)(H,110,126)(H,111,142)(H,112,138)(H,113,144)(H,114,139)(H,115,140)(H,116,143)(H,117,135)(H,128,129)(H,130,131)(H,132,133)(H4,96,97,101);/t54-,61+,62+,63+,64?,65-,66-,67-,68+,69+,70+,80+;/m0./s1/i;1-2. The average molecular weight is 2140 g/mol. The van der Waals surface area contributed by atoms with Gasteiger partial charge in [0.05, 0.1) is 51.2 Å². The van der Waals surface area contributed by atoms with Gasteiger partial charge in [0.2, 0.25) is 106 Å². The molecule has 2 fully saturated rings. The number of para-hydroxylation sites is 1. The molecule has 2 aromatic carbocycles. The smallest absolute Gasteiger partial charge is 0.317 e. The van der Waals surface area contributed by atoms with E-state index in [9.17, 15) is 121 Å². The van der Waals surface area contributed by atoms with E-state index in [1.54, 1.807) is 58.9 Å². The molecule has 54 heteroatoms. The first-order valence-electron chi connectivity index (χ1n) is 48.3. The van der Waals surface area contributed by atoms with Crippen LogP contribution in [0.3, 0.4) is 0 Å². The van der Waals surface area contributed by atoms with Crippen molar-refractivity contribution in [3.05, 3.63) is 84.1 Å². The molecule has 2 saturated heterocycles. The van der Waals surface area contributed by atoms with Crippen LogP contribution in [0.4, 0.5) is 0 Å². The van der Waals surface area contributed by atoms with Crippen molar-refractivity contribution >= 4 is 173 Å².